The number of ether oxygens (including phenoxy) is 1. The van der Waals surface area contributed by atoms with Crippen LogP contribution >= 0.6 is 0 Å². The summed E-state index contributed by atoms with van der Waals surface area (Å²) in [6.07, 6.45) is 2.66. The van der Waals surface area contributed by atoms with E-state index < -0.39 is 0 Å². The molecule has 5 nitrogen and oxygen atoms in total. The molecule has 0 atom stereocenters. The Balaban J connectivity index is 1.55. The Bertz CT molecular complexity index is 757. The zero-order chi connectivity index (χ0) is 17.8. The Hall–Kier alpha value is -2.30. The number of nitrogens with one attached hydrogen (secondary N) is 1. The van der Waals surface area contributed by atoms with Gasteiger partial charge in [-0.2, -0.15) is 0 Å². The molecule has 0 unspecified atom stereocenters. The second kappa shape index (κ2) is 7.72. The number of rotatable bonds is 5. The fourth-order valence-electron chi connectivity index (χ4n) is 3.67. The molecular weight excluding hydrogens is 316 g/mol. The molecule has 1 aliphatic heterocycles. The molecule has 3 rings (SSSR count). The lowest BCUT2D eigenvalue weighted by Crippen LogP contribution is -2.40. The number of H-pyrrole nitrogens is 1. The van der Waals surface area contributed by atoms with Crippen molar-refractivity contribution in [1.82, 2.24) is 9.88 Å². The minimum absolute atomic E-state index is 0.0557. The van der Waals surface area contributed by atoms with Gasteiger partial charge in [-0.3, -0.25) is 9.59 Å². The third-order valence-electron chi connectivity index (χ3n) is 5.08. The Kier molecular flexibility index (Phi) is 5.41. The standard InChI is InChI=1S/C20H26N2O3/c1-3-25-20(24)15-10-12-22(13-11-15)19(23)9-8-16-14(2)21-18-7-5-4-6-17(16)18/h4-7,15,21H,3,8-13H2,1-2H3. The van der Waals surface area contributed by atoms with Crippen LogP contribution in [0.5, 0.6) is 0 Å². The molecular formula is C20H26N2O3. The van der Waals surface area contributed by atoms with Crippen LogP contribution in [0.3, 0.4) is 0 Å². The molecule has 2 heterocycles. The topological polar surface area (TPSA) is 62.4 Å². The molecule has 0 spiro atoms. The molecule has 25 heavy (non-hydrogen) atoms. The van der Waals surface area contributed by atoms with Gasteiger partial charge in [0, 0.05) is 36.1 Å². The number of aromatic amines is 1. The molecule has 1 aromatic carbocycles. The number of fused-ring (bicyclic) bond motifs is 1. The van der Waals surface area contributed by atoms with E-state index in [0.717, 1.165) is 17.6 Å². The minimum atomic E-state index is -0.121. The molecule has 1 fully saturated rings. The van der Waals surface area contributed by atoms with Crippen molar-refractivity contribution < 1.29 is 14.3 Å². The summed E-state index contributed by atoms with van der Waals surface area (Å²) in [7, 11) is 0. The summed E-state index contributed by atoms with van der Waals surface area (Å²) < 4.78 is 5.08. The van der Waals surface area contributed by atoms with Crippen LogP contribution in [0.15, 0.2) is 24.3 Å². The van der Waals surface area contributed by atoms with Crippen LogP contribution in [0.25, 0.3) is 10.9 Å². The number of piperidine rings is 1. The van der Waals surface area contributed by atoms with E-state index in [4.69, 9.17) is 4.74 Å². The molecule has 1 amide bonds. The van der Waals surface area contributed by atoms with E-state index in [-0.39, 0.29) is 17.8 Å². The minimum Gasteiger partial charge on any atom is -0.466 e. The first-order valence-electron chi connectivity index (χ1n) is 9.10. The average Bonchev–Trinajstić information content (AvgIpc) is 2.95. The number of likely N-dealkylation sites (tertiary alicyclic amines) is 1. The molecule has 134 valence electrons. The van der Waals surface area contributed by atoms with E-state index in [2.05, 4.69) is 24.0 Å². The SMILES string of the molecule is CCOC(=O)C1CCN(C(=O)CCc2c(C)[nH]c3ccccc23)CC1. The van der Waals surface area contributed by atoms with Crippen molar-refractivity contribution in [3.05, 3.63) is 35.5 Å². The fourth-order valence-corrected chi connectivity index (χ4v) is 3.67. The maximum atomic E-state index is 12.5. The number of esters is 1. The summed E-state index contributed by atoms with van der Waals surface area (Å²) in [5, 5.41) is 1.20. The second-order valence-electron chi connectivity index (χ2n) is 6.68. The largest absolute Gasteiger partial charge is 0.466 e. The molecule has 0 radical (unpaired) electrons. The Morgan fingerprint density at radius 1 is 1.24 bits per heavy atom. The van der Waals surface area contributed by atoms with Crippen molar-refractivity contribution >= 4 is 22.8 Å². The lowest BCUT2D eigenvalue weighted by molar-refractivity contribution is -0.151. The lowest BCUT2D eigenvalue weighted by atomic mass is 9.96. The number of carbonyl (C=O) groups excluding carboxylic acids is 2. The number of nitrogens with zero attached hydrogens (tertiary/aromatic N) is 1. The second-order valence-corrected chi connectivity index (χ2v) is 6.68. The number of hydrogen-bond donors (Lipinski definition) is 1. The predicted molar refractivity (Wildman–Crippen MR) is 97.3 cm³/mol. The van der Waals surface area contributed by atoms with Crippen LogP contribution in [0.1, 0.15) is 37.4 Å². The maximum absolute atomic E-state index is 12.5. The van der Waals surface area contributed by atoms with Gasteiger partial charge in [0.25, 0.3) is 0 Å². The Morgan fingerprint density at radius 2 is 1.96 bits per heavy atom. The van der Waals surface area contributed by atoms with Crippen molar-refractivity contribution in [3.8, 4) is 0 Å². The Labute approximate surface area is 148 Å². The first kappa shape index (κ1) is 17.5. The van der Waals surface area contributed by atoms with Crippen LogP contribution in [-0.2, 0) is 20.7 Å². The summed E-state index contributed by atoms with van der Waals surface area (Å²) in [6, 6.07) is 8.21. The molecule has 0 aliphatic carbocycles. The van der Waals surface area contributed by atoms with E-state index >= 15 is 0 Å². The lowest BCUT2D eigenvalue weighted by Gasteiger charge is -2.31. The van der Waals surface area contributed by atoms with Gasteiger partial charge in [0.15, 0.2) is 0 Å². The van der Waals surface area contributed by atoms with E-state index in [1.807, 2.05) is 24.0 Å². The highest BCUT2D eigenvalue weighted by Crippen LogP contribution is 2.24. The third kappa shape index (κ3) is 3.86. The van der Waals surface area contributed by atoms with E-state index in [1.54, 1.807) is 0 Å². The predicted octanol–water partition coefficient (Wildman–Crippen LogP) is 3.21. The van der Waals surface area contributed by atoms with Crippen LogP contribution < -0.4 is 0 Å². The van der Waals surface area contributed by atoms with Gasteiger partial charge < -0.3 is 14.6 Å². The summed E-state index contributed by atoms with van der Waals surface area (Å²) >= 11 is 0. The van der Waals surface area contributed by atoms with Crippen molar-refractivity contribution in [2.24, 2.45) is 5.92 Å². The zero-order valence-electron chi connectivity index (χ0n) is 15.0. The number of amides is 1. The molecule has 1 saturated heterocycles. The highest BCUT2D eigenvalue weighted by atomic mass is 16.5. The number of benzene rings is 1. The van der Waals surface area contributed by atoms with Gasteiger partial charge >= 0.3 is 5.97 Å². The first-order chi connectivity index (χ1) is 12.1. The zero-order valence-corrected chi connectivity index (χ0v) is 15.0. The number of carbonyl (C=O) groups is 2. The van der Waals surface area contributed by atoms with Crippen LogP contribution in [0.2, 0.25) is 0 Å². The van der Waals surface area contributed by atoms with Gasteiger partial charge in [-0.1, -0.05) is 18.2 Å². The number of hydrogen-bond acceptors (Lipinski definition) is 3. The van der Waals surface area contributed by atoms with Crippen LogP contribution in [-0.4, -0.2) is 41.5 Å². The van der Waals surface area contributed by atoms with E-state index in [9.17, 15) is 9.59 Å². The normalized spacial score (nSPS) is 15.5. The molecule has 1 aromatic heterocycles. The van der Waals surface area contributed by atoms with Crippen molar-refractivity contribution in [3.63, 3.8) is 0 Å². The maximum Gasteiger partial charge on any atom is 0.309 e. The van der Waals surface area contributed by atoms with Crippen molar-refractivity contribution in [2.45, 2.75) is 39.5 Å². The van der Waals surface area contributed by atoms with Gasteiger partial charge in [-0.25, -0.2) is 0 Å². The molecule has 2 aromatic rings. The number of aromatic nitrogens is 1. The fraction of sp³-hybridized carbons (Fsp3) is 0.500. The quantitative estimate of drug-likeness (QED) is 0.849. The monoisotopic (exact) mass is 342 g/mol. The number of aryl methyl sites for hydroxylation is 2. The van der Waals surface area contributed by atoms with Gasteiger partial charge in [0.1, 0.15) is 0 Å². The molecule has 1 N–H and O–H groups in total. The first-order valence-corrected chi connectivity index (χ1v) is 9.10. The molecule has 1 aliphatic rings. The van der Waals surface area contributed by atoms with Gasteiger partial charge in [-0.05, 0) is 44.7 Å². The highest BCUT2D eigenvalue weighted by molar-refractivity contribution is 5.85. The third-order valence-corrected chi connectivity index (χ3v) is 5.08. The highest BCUT2D eigenvalue weighted by Gasteiger charge is 2.28. The van der Waals surface area contributed by atoms with Crippen molar-refractivity contribution in [1.29, 1.82) is 0 Å². The molecule has 0 saturated carbocycles. The summed E-state index contributed by atoms with van der Waals surface area (Å²) in [5.74, 6) is -0.00383. The molecule has 0 bridgehead atoms. The average molecular weight is 342 g/mol. The smallest absolute Gasteiger partial charge is 0.309 e. The summed E-state index contributed by atoms with van der Waals surface area (Å²) in [6.45, 7) is 5.60. The Morgan fingerprint density at radius 3 is 2.68 bits per heavy atom. The van der Waals surface area contributed by atoms with Gasteiger partial charge in [0.2, 0.25) is 5.91 Å². The van der Waals surface area contributed by atoms with E-state index in [0.29, 0.717) is 39.0 Å². The van der Waals surface area contributed by atoms with Gasteiger partial charge in [-0.15, -0.1) is 0 Å². The van der Waals surface area contributed by atoms with Gasteiger partial charge in [0.05, 0.1) is 12.5 Å². The summed E-state index contributed by atoms with van der Waals surface area (Å²) in [5.41, 5.74) is 3.48. The van der Waals surface area contributed by atoms with Crippen molar-refractivity contribution in [2.75, 3.05) is 19.7 Å². The van der Waals surface area contributed by atoms with Crippen LogP contribution in [0.4, 0.5) is 0 Å². The van der Waals surface area contributed by atoms with E-state index in [1.165, 1.54) is 10.9 Å². The van der Waals surface area contributed by atoms with Crippen LogP contribution in [0, 0.1) is 12.8 Å². The molecule has 5 heteroatoms. The number of para-hydroxylation sites is 1. The summed E-state index contributed by atoms with van der Waals surface area (Å²) in [4.78, 5) is 29.6.